The Morgan fingerprint density at radius 3 is 2.89 bits per heavy atom. The van der Waals surface area contributed by atoms with Crippen LogP contribution < -0.4 is 4.74 Å². The van der Waals surface area contributed by atoms with E-state index in [2.05, 4.69) is 6.07 Å². The molecule has 1 fully saturated rings. The molecule has 0 spiro atoms. The third-order valence-corrected chi connectivity index (χ3v) is 4.68. The van der Waals surface area contributed by atoms with Gasteiger partial charge in [-0.05, 0) is 24.3 Å². The lowest BCUT2D eigenvalue weighted by Gasteiger charge is -2.23. The first kappa shape index (κ1) is 13.0. The van der Waals surface area contributed by atoms with Crippen molar-refractivity contribution >= 4 is 0 Å². The third-order valence-electron chi connectivity index (χ3n) is 4.68. The Balaban J connectivity index is 1.61. The molecule has 1 aliphatic heterocycles. The van der Waals surface area contributed by atoms with Crippen molar-refractivity contribution in [3.63, 3.8) is 0 Å². The zero-order valence-electron chi connectivity index (χ0n) is 11.6. The molecule has 0 bridgehead atoms. The number of benzene rings is 1. The van der Waals surface area contributed by atoms with Crippen molar-refractivity contribution in [2.75, 3.05) is 6.61 Å². The van der Waals surface area contributed by atoms with E-state index in [1.165, 1.54) is 37.7 Å². The Hall–Kier alpha value is -1.02. The van der Waals surface area contributed by atoms with Crippen LogP contribution in [0.2, 0.25) is 0 Å². The number of aliphatic hydroxyl groups excluding tert-OH is 1. The average Bonchev–Trinajstić information content (AvgIpc) is 2.94. The fourth-order valence-electron chi connectivity index (χ4n) is 3.53. The SMILES string of the molecule is OC(CCC1CCCCC1)c1cccc2c1OCC2. The van der Waals surface area contributed by atoms with Crippen molar-refractivity contribution in [1.29, 1.82) is 0 Å². The molecule has 1 N–H and O–H groups in total. The Bertz CT molecular complexity index is 421. The maximum atomic E-state index is 10.4. The fraction of sp³-hybridized carbons (Fsp3) is 0.647. The molecule has 1 heterocycles. The van der Waals surface area contributed by atoms with Gasteiger partial charge in [0.05, 0.1) is 12.7 Å². The molecule has 1 saturated carbocycles. The monoisotopic (exact) mass is 260 g/mol. The normalized spacial score (nSPS) is 20.9. The van der Waals surface area contributed by atoms with Gasteiger partial charge in [0.1, 0.15) is 5.75 Å². The summed E-state index contributed by atoms with van der Waals surface area (Å²) in [7, 11) is 0. The second-order valence-corrected chi connectivity index (χ2v) is 6.03. The van der Waals surface area contributed by atoms with E-state index in [-0.39, 0.29) is 6.10 Å². The van der Waals surface area contributed by atoms with Gasteiger partial charge >= 0.3 is 0 Å². The summed E-state index contributed by atoms with van der Waals surface area (Å²) in [5.41, 5.74) is 2.26. The minimum absolute atomic E-state index is 0.352. The Morgan fingerprint density at radius 1 is 1.21 bits per heavy atom. The van der Waals surface area contributed by atoms with E-state index in [9.17, 15) is 5.11 Å². The summed E-state index contributed by atoms with van der Waals surface area (Å²) >= 11 is 0. The predicted molar refractivity (Wildman–Crippen MR) is 76.4 cm³/mol. The third kappa shape index (κ3) is 2.94. The van der Waals surface area contributed by atoms with E-state index in [4.69, 9.17) is 4.74 Å². The van der Waals surface area contributed by atoms with Crippen molar-refractivity contribution in [2.24, 2.45) is 5.92 Å². The van der Waals surface area contributed by atoms with Crippen LogP contribution in [-0.4, -0.2) is 11.7 Å². The largest absolute Gasteiger partial charge is 0.493 e. The molecule has 104 valence electrons. The van der Waals surface area contributed by atoms with Gasteiger partial charge in [-0.2, -0.15) is 0 Å². The molecule has 1 aromatic rings. The summed E-state index contributed by atoms with van der Waals surface area (Å²) in [6.45, 7) is 0.766. The van der Waals surface area contributed by atoms with Crippen molar-refractivity contribution in [1.82, 2.24) is 0 Å². The van der Waals surface area contributed by atoms with Gasteiger partial charge < -0.3 is 9.84 Å². The summed E-state index contributed by atoms with van der Waals surface area (Å²) in [5.74, 6) is 1.79. The van der Waals surface area contributed by atoms with E-state index in [0.29, 0.717) is 0 Å². The van der Waals surface area contributed by atoms with E-state index >= 15 is 0 Å². The van der Waals surface area contributed by atoms with Crippen molar-refractivity contribution in [3.8, 4) is 5.75 Å². The molecule has 2 heteroatoms. The Morgan fingerprint density at radius 2 is 2.05 bits per heavy atom. The lowest BCUT2D eigenvalue weighted by Crippen LogP contribution is -2.09. The first-order valence-electron chi connectivity index (χ1n) is 7.77. The molecule has 0 radical (unpaired) electrons. The highest BCUT2D eigenvalue weighted by Gasteiger charge is 2.22. The minimum atomic E-state index is -0.352. The van der Waals surface area contributed by atoms with Crippen LogP contribution in [0.15, 0.2) is 18.2 Å². The highest BCUT2D eigenvalue weighted by molar-refractivity contribution is 5.45. The van der Waals surface area contributed by atoms with Gasteiger partial charge in [0, 0.05) is 12.0 Å². The van der Waals surface area contributed by atoms with E-state index in [0.717, 1.165) is 43.1 Å². The fourth-order valence-corrected chi connectivity index (χ4v) is 3.53. The number of ether oxygens (including phenoxy) is 1. The summed E-state index contributed by atoms with van der Waals surface area (Å²) in [6, 6.07) is 6.18. The van der Waals surface area contributed by atoms with Crippen LogP contribution in [0.4, 0.5) is 0 Å². The van der Waals surface area contributed by atoms with Gasteiger partial charge in [-0.3, -0.25) is 0 Å². The van der Waals surface area contributed by atoms with Crippen LogP contribution in [0.3, 0.4) is 0 Å². The minimum Gasteiger partial charge on any atom is -0.493 e. The second-order valence-electron chi connectivity index (χ2n) is 6.03. The molecular weight excluding hydrogens is 236 g/mol. The van der Waals surface area contributed by atoms with Gasteiger partial charge in [0.25, 0.3) is 0 Å². The zero-order chi connectivity index (χ0) is 13.1. The molecule has 1 aromatic carbocycles. The van der Waals surface area contributed by atoms with Crippen molar-refractivity contribution in [2.45, 2.75) is 57.5 Å². The summed E-state index contributed by atoms with van der Waals surface area (Å²) < 4.78 is 5.68. The van der Waals surface area contributed by atoms with Crippen LogP contribution >= 0.6 is 0 Å². The van der Waals surface area contributed by atoms with Crippen LogP contribution in [-0.2, 0) is 6.42 Å². The Labute approximate surface area is 115 Å². The first-order chi connectivity index (χ1) is 9.34. The molecule has 3 rings (SSSR count). The molecular formula is C17H24O2. The predicted octanol–water partition coefficient (Wildman–Crippen LogP) is 4.02. The molecule has 2 nitrogen and oxygen atoms in total. The quantitative estimate of drug-likeness (QED) is 0.886. The number of para-hydroxylation sites is 1. The molecule has 1 atom stereocenters. The standard InChI is InChI=1S/C17H24O2/c18-16(10-9-13-5-2-1-3-6-13)15-8-4-7-14-11-12-19-17(14)15/h4,7-8,13,16,18H,1-3,5-6,9-12H2. The van der Waals surface area contributed by atoms with Gasteiger partial charge in [-0.25, -0.2) is 0 Å². The lowest BCUT2D eigenvalue weighted by molar-refractivity contribution is 0.147. The number of rotatable bonds is 4. The summed E-state index contributed by atoms with van der Waals surface area (Å²) in [6.07, 6.45) is 9.55. The molecule has 2 aliphatic rings. The highest BCUT2D eigenvalue weighted by atomic mass is 16.5. The van der Waals surface area contributed by atoms with Crippen molar-refractivity contribution in [3.05, 3.63) is 29.3 Å². The number of hydrogen-bond donors (Lipinski definition) is 1. The van der Waals surface area contributed by atoms with Gasteiger partial charge in [-0.1, -0.05) is 50.3 Å². The smallest absolute Gasteiger partial charge is 0.128 e. The lowest BCUT2D eigenvalue weighted by atomic mass is 9.85. The molecule has 0 amide bonds. The zero-order valence-corrected chi connectivity index (χ0v) is 11.6. The summed E-state index contributed by atoms with van der Waals surface area (Å²) in [5, 5.41) is 10.4. The van der Waals surface area contributed by atoms with Crippen LogP contribution in [0, 0.1) is 5.92 Å². The molecule has 0 saturated heterocycles. The van der Waals surface area contributed by atoms with Crippen LogP contribution in [0.5, 0.6) is 5.75 Å². The topological polar surface area (TPSA) is 29.5 Å². The number of fused-ring (bicyclic) bond motifs is 1. The average molecular weight is 260 g/mol. The molecule has 1 unspecified atom stereocenters. The van der Waals surface area contributed by atoms with Crippen molar-refractivity contribution < 1.29 is 9.84 Å². The van der Waals surface area contributed by atoms with Crippen LogP contribution in [0.25, 0.3) is 0 Å². The van der Waals surface area contributed by atoms with Gasteiger partial charge in [0.15, 0.2) is 0 Å². The summed E-state index contributed by atoms with van der Waals surface area (Å²) in [4.78, 5) is 0. The molecule has 0 aromatic heterocycles. The molecule has 1 aliphatic carbocycles. The van der Waals surface area contributed by atoms with E-state index in [1.54, 1.807) is 0 Å². The maximum Gasteiger partial charge on any atom is 0.128 e. The van der Waals surface area contributed by atoms with E-state index < -0.39 is 0 Å². The number of hydrogen-bond acceptors (Lipinski definition) is 2. The molecule has 19 heavy (non-hydrogen) atoms. The van der Waals surface area contributed by atoms with Gasteiger partial charge in [-0.15, -0.1) is 0 Å². The first-order valence-corrected chi connectivity index (χ1v) is 7.77. The van der Waals surface area contributed by atoms with E-state index in [1.807, 2.05) is 12.1 Å². The second kappa shape index (κ2) is 5.96. The van der Waals surface area contributed by atoms with Crippen LogP contribution in [0.1, 0.15) is 62.2 Å². The van der Waals surface area contributed by atoms with Gasteiger partial charge in [0.2, 0.25) is 0 Å². The maximum absolute atomic E-state index is 10.4. The highest BCUT2D eigenvalue weighted by Crippen LogP contribution is 2.36. The number of aliphatic hydroxyl groups is 1. The Kier molecular flexibility index (Phi) is 4.07.